The van der Waals surface area contributed by atoms with Gasteiger partial charge < -0.3 is 15.2 Å². The maximum absolute atomic E-state index is 13.3. The predicted molar refractivity (Wildman–Crippen MR) is 122 cm³/mol. The average molecular weight is 473 g/mol. The van der Waals surface area contributed by atoms with Crippen LogP contribution in [0.1, 0.15) is 37.7 Å². The molecule has 10 heteroatoms. The van der Waals surface area contributed by atoms with E-state index in [9.17, 15) is 22.8 Å². The van der Waals surface area contributed by atoms with Crippen LogP contribution in [0.15, 0.2) is 30.5 Å². The average Bonchev–Trinajstić information content (AvgIpc) is 3.56. The zero-order valence-electron chi connectivity index (χ0n) is 18.3. The number of fused-ring (bicyclic) bond motifs is 1. The topological polar surface area (TPSA) is 120 Å². The van der Waals surface area contributed by atoms with Gasteiger partial charge in [-0.25, -0.2) is 13.2 Å². The fourth-order valence-corrected chi connectivity index (χ4v) is 7.20. The number of para-hydroxylation sites is 1. The fourth-order valence-electron chi connectivity index (χ4n) is 5.48. The molecule has 2 atom stereocenters. The number of hydrogen-bond donors (Lipinski definition) is 2. The van der Waals surface area contributed by atoms with Gasteiger partial charge in [-0.15, -0.1) is 0 Å². The van der Waals surface area contributed by atoms with Crippen molar-refractivity contribution in [3.8, 4) is 0 Å². The van der Waals surface area contributed by atoms with Crippen LogP contribution in [0.4, 0.5) is 4.79 Å². The van der Waals surface area contributed by atoms with Gasteiger partial charge in [-0.3, -0.25) is 14.5 Å². The number of urea groups is 1. The summed E-state index contributed by atoms with van der Waals surface area (Å²) in [6.07, 6.45) is 6.20. The lowest BCUT2D eigenvalue weighted by Crippen LogP contribution is -2.51. The Balaban J connectivity index is 1.30. The number of aromatic amines is 1. The van der Waals surface area contributed by atoms with Crippen LogP contribution < -0.4 is 5.32 Å². The van der Waals surface area contributed by atoms with Crippen molar-refractivity contribution >= 4 is 38.6 Å². The van der Waals surface area contributed by atoms with Crippen LogP contribution in [-0.2, 0) is 25.8 Å². The van der Waals surface area contributed by atoms with Gasteiger partial charge in [0, 0.05) is 35.6 Å². The number of H-pyrrole nitrogens is 1. The van der Waals surface area contributed by atoms with Gasteiger partial charge in [-0.2, -0.15) is 0 Å². The number of sulfone groups is 1. The first kappa shape index (κ1) is 21.9. The van der Waals surface area contributed by atoms with E-state index in [1.54, 1.807) is 4.90 Å². The molecule has 4 amide bonds. The largest absolute Gasteiger partial charge is 0.361 e. The van der Waals surface area contributed by atoms with Gasteiger partial charge in [0.25, 0.3) is 5.91 Å². The van der Waals surface area contributed by atoms with Crippen molar-refractivity contribution in [2.45, 2.75) is 56.7 Å². The molecule has 1 aliphatic carbocycles. The lowest BCUT2D eigenvalue weighted by Gasteiger charge is -2.34. The Morgan fingerprint density at radius 2 is 1.85 bits per heavy atom. The molecule has 3 heterocycles. The molecule has 2 aliphatic heterocycles. The normalized spacial score (nSPS) is 25.2. The Labute approximate surface area is 192 Å². The molecule has 5 rings (SSSR count). The third kappa shape index (κ3) is 4.23. The minimum absolute atomic E-state index is 0.0291. The Kier molecular flexibility index (Phi) is 5.64. The van der Waals surface area contributed by atoms with Crippen LogP contribution in [0.3, 0.4) is 0 Å². The quantitative estimate of drug-likeness (QED) is 0.619. The van der Waals surface area contributed by atoms with Crippen LogP contribution in [0.5, 0.6) is 0 Å². The van der Waals surface area contributed by atoms with Gasteiger partial charge in [0.05, 0.1) is 11.5 Å². The Morgan fingerprint density at radius 3 is 2.58 bits per heavy atom. The summed E-state index contributed by atoms with van der Waals surface area (Å²) in [5.74, 6) is -0.743. The van der Waals surface area contributed by atoms with Crippen molar-refractivity contribution in [2.24, 2.45) is 0 Å². The van der Waals surface area contributed by atoms with Gasteiger partial charge >= 0.3 is 6.03 Å². The maximum Gasteiger partial charge on any atom is 0.325 e. The molecule has 1 aromatic heterocycles. The van der Waals surface area contributed by atoms with Gasteiger partial charge in [-0.05, 0) is 30.9 Å². The van der Waals surface area contributed by atoms with E-state index < -0.39 is 27.8 Å². The van der Waals surface area contributed by atoms with Gasteiger partial charge in [-0.1, -0.05) is 31.0 Å². The summed E-state index contributed by atoms with van der Waals surface area (Å²) in [5, 5.41) is 3.70. The molecule has 0 bridgehead atoms. The van der Waals surface area contributed by atoms with Crippen molar-refractivity contribution in [1.29, 1.82) is 0 Å². The molecule has 1 saturated carbocycles. The van der Waals surface area contributed by atoms with E-state index in [1.165, 1.54) is 0 Å². The smallest absolute Gasteiger partial charge is 0.325 e. The number of amides is 4. The number of hydrogen-bond acceptors (Lipinski definition) is 5. The van der Waals surface area contributed by atoms with E-state index >= 15 is 0 Å². The van der Waals surface area contributed by atoms with Crippen molar-refractivity contribution < 1.29 is 22.8 Å². The molecule has 2 N–H and O–H groups in total. The number of benzene rings is 1. The zero-order valence-corrected chi connectivity index (χ0v) is 19.1. The molecule has 2 aromatic rings. The highest BCUT2D eigenvalue weighted by atomic mass is 32.2. The SMILES string of the molecule is O=C1N[C@H](Cc2c[nH]c3ccccc23)C(=O)N1CC(=O)N(C1CCCC1)[C@@H]1CCS(=O)(=O)C1. The molecule has 3 fully saturated rings. The van der Waals surface area contributed by atoms with E-state index in [2.05, 4.69) is 10.3 Å². The summed E-state index contributed by atoms with van der Waals surface area (Å²) in [4.78, 5) is 44.8. The second-order valence-electron chi connectivity index (χ2n) is 9.29. The summed E-state index contributed by atoms with van der Waals surface area (Å²) >= 11 is 0. The molecular weight excluding hydrogens is 444 g/mol. The van der Waals surface area contributed by atoms with Crippen molar-refractivity contribution in [2.75, 3.05) is 18.1 Å². The number of nitrogens with zero attached hydrogens (tertiary/aromatic N) is 2. The summed E-state index contributed by atoms with van der Waals surface area (Å²) < 4.78 is 24.1. The molecule has 1 aromatic carbocycles. The van der Waals surface area contributed by atoms with Crippen LogP contribution in [-0.4, -0.2) is 77.2 Å². The second-order valence-corrected chi connectivity index (χ2v) is 11.5. The molecule has 0 spiro atoms. The lowest BCUT2D eigenvalue weighted by atomic mass is 10.0. The highest BCUT2D eigenvalue weighted by Gasteiger charge is 2.43. The molecule has 176 valence electrons. The molecular formula is C23H28N4O5S. The van der Waals surface area contributed by atoms with E-state index in [0.29, 0.717) is 12.8 Å². The second kappa shape index (κ2) is 8.48. The standard InChI is InChI=1S/C23H28N4O5S/c28-21(27(16-5-1-2-6-16)17-9-10-33(31,32)14-17)13-26-22(29)20(25-23(26)30)11-15-12-24-19-8-4-3-7-18(15)19/h3-4,7-8,12,16-17,20,24H,1-2,5-6,9-11,13-14H2,(H,25,30)/t17-,20-/m1/s1. The third-order valence-electron chi connectivity index (χ3n) is 7.11. The van der Waals surface area contributed by atoms with Gasteiger partial charge in [0.2, 0.25) is 5.91 Å². The predicted octanol–water partition coefficient (Wildman–Crippen LogP) is 1.59. The molecule has 0 radical (unpaired) electrons. The number of carbonyl (C=O) groups excluding carboxylic acids is 3. The Bertz CT molecular complexity index is 1200. The number of imide groups is 1. The lowest BCUT2D eigenvalue weighted by molar-refractivity contribution is -0.140. The summed E-state index contributed by atoms with van der Waals surface area (Å²) in [7, 11) is -3.16. The van der Waals surface area contributed by atoms with Crippen molar-refractivity contribution in [3.05, 3.63) is 36.0 Å². The number of aromatic nitrogens is 1. The summed E-state index contributed by atoms with van der Waals surface area (Å²) in [6, 6.07) is 6.01. The van der Waals surface area contributed by atoms with Crippen LogP contribution in [0.2, 0.25) is 0 Å². The first-order chi connectivity index (χ1) is 15.8. The van der Waals surface area contributed by atoms with Gasteiger partial charge in [0.1, 0.15) is 12.6 Å². The Morgan fingerprint density at radius 1 is 1.09 bits per heavy atom. The van der Waals surface area contributed by atoms with Crippen molar-refractivity contribution in [1.82, 2.24) is 20.1 Å². The first-order valence-electron chi connectivity index (χ1n) is 11.5. The highest BCUT2D eigenvalue weighted by Crippen LogP contribution is 2.30. The van der Waals surface area contributed by atoms with Crippen LogP contribution >= 0.6 is 0 Å². The number of rotatable bonds is 6. The molecule has 2 saturated heterocycles. The molecule has 3 aliphatic rings. The monoisotopic (exact) mass is 472 g/mol. The maximum atomic E-state index is 13.3. The van der Waals surface area contributed by atoms with Crippen molar-refractivity contribution in [3.63, 3.8) is 0 Å². The van der Waals surface area contributed by atoms with Crippen LogP contribution in [0, 0.1) is 0 Å². The third-order valence-corrected chi connectivity index (χ3v) is 8.86. The van der Waals surface area contributed by atoms with Crippen LogP contribution in [0.25, 0.3) is 10.9 Å². The minimum Gasteiger partial charge on any atom is -0.361 e. The minimum atomic E-state index is -3.16. The van der Waals surface area contributed by atoms with E-state index in [-0.39, 0.29) is 36.0 Å². The van der Waals surface area contributed by atoms with E-state index in [4.69, 9.17) is 0 Å². The van der Waals surface area contributed by atoms with E-state index in [0.717, 1.165) is 47.0 Å². The Hall–Kier alpha value is -2.88. The summed E-state index contributed by atoms with van der Waals surface area (Å²) in [5.41, 5.74) is 1.87. The molecule has 9 nitrogen and oxygen atoms in total. The van der Waals surface area contributed by atoms with E-state index in [1.807, 2.05) is 30.5 Å². The number of carbonyl (C=O) groups is 3. The van der Waals surface area contributed by atoms with Gasteiger partial charge in [0.15, 0.2) is 9.84 Å². The zero-order chi connectivity index (χ0) is 23.2. The fraction of sp³-hybridized carbons (Fsp3) is 0.522. The summed E-state index contributed by atoms with van der Waals surface area (Å²) in [6.45, 7) is -0.359. The highest BCUT2D eigenvalue weighted by molar-refractivity contribution is 7.91. The molecule has 33 heavy (non-hydrogen) atoms. The molecule has 0 unspecified atom stereocenters. The number of nitrogens with one attached hydrogen (secondary N) is 2. The first-order valence-corrected chi connectivity index (χ1v) is 13.3.